The Balaban J connectivity index is 2.48. The van der Waals surface area contributed by atoms with E-state index in [1.54, 1.807) is 0 Å². The number of carboxylic acids is 1. The average Bonchev–Trinajstić information content (AvgIpc) is 2.44. The molecule has 0 radical (unpaired) electrons. The fourth-order valence-corrected chi connectivity index (χ4v) is 3.21. The highest BCUT2D eigenvalue weighted by atomic mass is 16.4. The van der Waals surface area contributed by atoms with Gasteiger partial charge in [0.2, 0.25) is 0 Å². The van der Waals surface area contributed by atoms with Crippen LogP contribution in [0, 0.1) is 11.8 Å². The predicted octanol–water partition coefficient (Wildman–Crippen LogP) is 3.58. The van der Waals surface area contributed by atoms with Crippen molar-refractivity contribution in [1.82, 2.24) is 4.90 Å². The van der Waals surface area contributed by atoms with Gasteiger partial charge in [-0.05, 0) is 62.4 Å². The van der Waals surface area contributed by atoms with E-state index >= 15 is 0 Å². The molecule has 3 heteroatoms. The van der Waals surface area contributed by atoms with E-state index < -0.39 is 5.97 Å². The zero-order chi connectivity index (χ0) is 16.5. The first-order valence-corrected chi connectivity index (χ1v) is 7.83. The molecule has 0 aromatic heterocycles. The summed E-state index contributed by atoms with van der Waals surface area (Å²) in [5.74, 6) is 3.85. The van der Waals surface area contributed by atoms with Crippen LogP contribution < -0.4 is 0 Å². The molecule has 2 rings (SSSR count). The van der Waals surface area contributed by atoms with Gasteiger partial charge in [-0.2, -0.15) is 0 Å². The summed E-state index contributed by atoms with van der Waals surface area (Å²) >= 11 is 0. The summed E-state index contributed by atoms with van der Waals surface area (Å²) in [6.07, 6.45) is 2.27. The molecule has 1 atom stereocenters. The number of benzene rings is 1. The number of carboxylic acid groups (broad SMARTS) is 1. The van der Waals surface area contributed by atoms with Crippen LogP contribution in [-0.4, -0.2) is 29.1 Å². The van der Waals surface area contributed by atoms with Crippen LogP contribution >= 0.6 is 0 Å². The van der Waals surface area contributed by atoms with E-state index in [-0.39, 0.29) is 5.41 Å². The first-order valence-electron chi connectivity index (χ1n) is 7.83. The van der Waals surface area contributed by atoms with Gasteiger partial charge in [-0.1, -0.05) is 25.8 Å². The summed E-state index contributed by atoms with van der Waals surface area (Å²) in [6.45, 7) is 8.94. The third-order valence-corrected chi connectivity index (χ3v) is 4.80. The minimum absolute atomic E-state index is 0.102. The molecular formula is C19H25NO2. The van der Waals surface area contributed by atoms with E-state index in [2.05, 4.69) is 63.6 Å². The Bertz CT molecular complexity index is 635. The number of carbonyl (C=O) groups is 1. The molecule has 0 fully saturated rings. The van der Waals surface area contributed by atoms with Crippen molar-refractivity contribution >= 4 is 5.97 Å². The van der Waals surface area contributed by atoms with Crippen molar-refractivity contribution in [2.75, 3.05) is 7.05 Å². The molecule has 22 heavy (non-hydrogen) atoms. The average molecular weight is 299 g/mol. The molecule has 0 heterocycles. The number of aliphatic carboxylic acids is 1. The van der Waals surface area contributed by atoms with Gasteiger partial charge >= 0.3 is 5.97 Å². The van der Waals surface area contributed by atoms with Crippen molar-refractivity contribution in [2.24, 2.45) is 0 Å². The van der Waals surface area contributed by atoms with Crippen molar-refractivity contribution in [1.29, 1.82) is 0 Å². The normalized spacial score (nSPS) is 19.5. The molecule has 0 aliphatic heterocycles. The maximum absolute atomic E-state index is 10.6. The van der Waals surface area contributed by atoms with Crippen LogP contribution in [0.15, 0.2) is 18.2 Å². The second-order valence-corrected chi connectivity index (χ2v) is 7.05. The summed E-state index contributed by atoms with van der Waals surface area (Å²) in [7, 11) is 2.18. The summed E-state index contributed by atoms with van der Waals surface area (Å²) in [5.41, 5.74) is 3.54. The third kappa shape index (κ3) is 3.34. The molecule has 1 aromatic rings. The van der Waals surface area contributed by atoms with Crippen molar-refractivity contribution < 1.29 is 9.90 Å². The third-order valence-electron chi connectivity index (χ3n) is 4.80. The lowest BCUT2D eigenvalue weighted by atomic mass is 9.70. The monoisotopic (exact) mass is 299 g/mol. The van der Waals surface area contributed by atoms with Crippen LogP contribution in [0.5, 0.6) is 0 Å². The van der Waals surface area contributed by atoms with Crippen LogP contribution in [0.1, 0.15) is 63.3 Å². The molecule has 1 unspecified atom stereocenters. The maximum atomic E-state index is 10.6. The van der Waals surface area contributed by atoms with Gasteiger partial charge in [0, 0.05) is 23.6 Å². The highest BCUT2D eigenvalue weighted by Crippen LogP contribution is 2.44. The molecule has 118 valence electrons. The van der Waals surface area contributed by atoms with E-state index in [1.165, 1.54) is 11.1 Å². The van der Waals surface area contributed by atoms with Gasteiger partial charge in [-0.3, -0.25) is 4.90 Å². The molecule has 3 nitrogen and oxygen atoms in total. The molecule has 1 aromatic carbocycles. The van der Waals surface area contributed by atoms with Crippen LogP contribution in [0.4, 0.5) is 0 Å². The summed E-state index contributed by atoms with van der Waals surface area (Å²) in [6, 6.07) is 7.06. The lowest BCUT2D eigenvalue weighted by Gasteiger charge is -2.42. The second-order valence-electron chi connectivity index (χ2n) is 7.05. The number of hydrogen-bond acceptors (Lipinski definition) is 2. The standard InChI is InChI=1S/C19H25NO2/c1-13(2)20(5)17-10-11-19(3,4)16-12-14(6-8-15(16)17)7-9-18(21)22/h6,8,12-13,17H,10-11H2,1-5H3,(H,21,22). The largest absolute Gasteiger partial charge is 0.472 e. The molecular weight excluding hydrogens is 274 g/mol. The van der Waals surface area contributed by atoms with Crippen molar-refractivity contribution in [3.63, 3.8) is 0 Å². The predicted molar refractivity (Wildman–Crippen MR) is 88.9 cm³/mol. The van der Waals surface area contributed by atoms with Gasteiger partial charge in [-0.15, -0.1) is 0 Å². The molecule has 0 bridgehead atoms. The highest BCUT2D eigenvalue weighted by molar-refractivity contribution is 5.87. The topological polar surface area (TPSA) is 40.5 Å². The lowest BCUT2D eigenvalue weighted by Crippen LogP contribution is -2.37. The fourth-order valence-electron chi connectivity index (χ4n) is 3.21. The number of nitrogens with zero attached hydrogens (tertiary/aromatic N) is 1. The first kappa shape index (κ1) is 16.6. The molecule has 1 aliphatic rings. The van der Waals surface area contributed by atoms with Gasteiger partial charge in [-0.25, -0.2) is 4.79 Å². The number of hydrogen-bond donors (Lipinski definition) is 1. The Hall–Kier alpha value is -1.79. The Labute approximate surface area is 133 Å². The Morgan fingerprint density at radius 2 is 2.09 bits per heavy atom. The second kappa shape index (κ2) is 6.14. The SMILES string of the molecule is CC(C)N(C)C1CCC(C)(C)c2cc(C#CC(=O)O)ccc21. The van der Waals surface area contributed by atoms with Crippen LogP contribution in [0.25, 0.3) is 0 Å². The maximum Gasteiger partial charge on any atom is 0.382 e. The van der Waals surface area contributed by atoms with Gasteiger partial charge < -0.3 is 5.11 Å². The van der Waals surface area contributed by atoms with Crippen LogP contribution in [0.2, 0.25) is 0 Å². The molecule has 1 aliphatic carbocycles. The number of rotatable bonds is 2. The highest BCUT2D eigenvalue weighted by Gasteiger charge is 2.34. The quantitative estimate of drug-likeness (QED) is 0.849. The first-order chi connectivity index (χ1) is 10.2. The fraction of sp³-hybridized carbons (Fsp3) is 0.526. The van der Waals surface area contributed by atoms with Crippen LogP contribution in [-0.2, 0) is 10.2 Å². The summed E-state index contributed by atoms with van der Waals surface area (Å²) in [5, 5.41) is 8.71. The Morgan fingerprint density at radius 1 is 1.41 bits per heavy atom. The smallest absolute Gasteiger partial charge is 0.382 e. The van der Waals surface area contributed by atoms with Gasteiger partial charge in [0.05, 0.1) is 0 Å². The molecule has 0 saturated heterocycles. The van der Waals surface area contributed by atoms with E-state index in [0.29, 0.717) is 12.1 Å². The van der Waals surface area contributed by atoms with Crippen LogP contribution in [0.3, 0.4) is 0 Å². The van der Waals surface area contributed by atoms with E-state index in [0.717, 1.165) is 18.4 Å². The lowest BCUT2D eigenvalue weighted by molar-refractivity contribution is -0.130. The van der Waals surface area contributed by atoms with Gasteiger partial charge in [0.25, 0.3) is 0 Å². The van der Waals surface area contributed by atoms with Crippen molar-refractivity contribution in [2.45, 2.75) is 58.0 Å². The van der Waals surface area contributed by atoms with E-state index in [1.807, 2.05) is 6.07 Å². The zero-order valence-electron chi connectivity index (χ0n) is 14.1. The van der Waals surface area contributed by atoms with E-state index in [9.17, 15) is 4.79 Å². The molecule has 0 saturated carbocycles. The minimum atomic E-state index is -1.09. The molecule has 0 spiro atoms. The molecule has 1 N–H and O–H groups in total. The summed E-state index contributed by atoms with van der Waals surface area (Å²) < 4.78 is 0. The van der Waals surface area contributed by atoms with E-state index in [4.69, 9.17) is 5.11 Å². The minimum Gasteiger partial charge on any atom is -0.472 e. The Kier molecular flexibility index (Phi) is 4.63. The summed E-state index contributed by atoms with van der Waals surface area (Å²) in [4.78, 5) is 13.0. The van der Waals surface area contributed by atoms with Gasteiger partial charge in [0.1, 0.15) is 0 Å². The van der Waals surface area contributed by atoms with Crippen molar-refractivity contribution in [3.8, 4) is 11.8 Å². The number of fused-ring (bicyclic) bond motifs is 1. The Morgan fingerprint density at radius 3 is 2.68 bits per heavy atom. The van der Waals surface area contributed by atoms with Gasteiger partial charge in [0.15, 0.2) is 0 Å². The zero-order valence-corrected chi connectivity index (χ0v) is 14.1. The molecule has 0 amide bonds. The van der Waals surface area contributed by atoms with Crippen molar-refractivity contribution in [3.05, 3.63) is 34.9 Å².